The van der Waals surface area contributed by atoms with Crippen LogP contribution in [0.25, 0.3) is 22.0 Å². The van der Waals surface area contributed by atoms with Crippen LogP contribution in [0.2, 0.25) is 0 Å². The maximum absolute atomic E-state index is 15.1. The van der Waals surface area contributed by atoms with Gasteiger partial charge in [0.05, 0.1) is 27.9 Å². The Balaban J connectivity index is 1.62. The Morgan fingerprint density at radius 2 is 1.71 bits per heavy atom. The predicted molar refractivity (Wildman–Crippen MR) is 153 cm³/mol. The molecule has 4 aromatic rings. The highest BCUT2D eigenvalue weighted by Crippen LogP contribution is 2.42. The molecule has 1 aliphatic rings. The van der Waals surface area contributed by atoms with E-state index in [1.807, 2.05) is 6.07 Å². The third-order valence-corrected chi connectivity index (χ3v) is 6.95. The fraction of sp³-hybridized carbons (Fsp3) is 0.258. The highest BCUT2D eigenvalue weighted by molar-refractivity contribution is 6.09. The maximum Gasteiger partial charge on any atom is 0.417 e. The van der Waals surface area contributed by atoms with E-state index in [1.165, 1.54) is 18.3 Å². The number of alkyl halides is 3. The summed E-state index contributed by atoms with van der Waals surface area (Å²) in [5.41, 5.74) is 4.78. The van der Waals surface area contributed by atoms with Gasteiger partial charge in [0, 0.05) is 29.9 Å². The smallest absolute Gasteiger partial charge is 0.354 e. The number of fused-ring (bicyclic) bond motifs is 1. The Bertz CT molecular complexity index is 1620. The molecule has 5 N–H and O–H groups in total. The van der Waals surface area contributed by atoms with Crippen molar-refractivity contribution in [1.82, 2.24) is 15.6 Å². The SMILES string of the molecule is NCCCCNC(=O)c1ccc(-c2cc3c(Nc4ccccc4)c(C(=O)NC4CC4)cnc3cc2C(F)(F)F)cc1F. The van der Waals surface area contributed by atoms with Gasteiger partial charge < -0.3 is 21.7 Å². The van der Waals surface area contributed by atoms with Crippen LogP contribution < -0.4 is 21.7 Å². The van der Waals surface area contributed by atoms with Crippen LogP contribution in [0, 0.1) is 5.82 Å². The number of carbonyl (C=O) groups is 2. The number of carbonyl (C=O) groups excluding carboxylic acids is 2. The largest absolute Gasteiger partial charge is 0.417 e. The lowest BCUT2D eigenvalue weighted by Crippen LogP contribution is -2.26. The van der Waals surface area contributed by atoms with Crippen molar-refractivity contribution >= 4 is 34.1 Å². The van der Waals surface area contributed by atoms with E-state index in [4.69, 9.17) is 5.73 Å². The molecular formula is C31H29F4N5O2. The first kappa shape index (κ1) is 29.0. The number of hydrogen-bond donors (Lipinski definition) is 4. The van der Waals surface area contributed by atoms with Gasteiger partial charge in [-0.25, -0.2) is 4.39 Å². The first-order valence-electron chi connectivity index (χ1n) is 13.6. The number of rotatable bonds is 10. The van der Waals surface area contributed by atoms with Gasteiger partial charge >= 0.3 is 6.18 Å². The van der Waals surface area contributed by atoms with Crippen molar-refractivity contribution in [3.05, 3.63) is 89.4 Å². The first-order valence-corrected chi connectivity index (χ1v) is 13.6. The number of halogens is 4. The van der Waals surface area contributed by atoms with Gasteiger partial charge in [-0.05, 0) is 79.8 Å². The molecule has 1 aliphatic carbocycles. The van der Waals surface area contributed by atoms with Crippen LogP contribution >= 0.6 is 0 Å². The van der Waals surface area contributed by atoms with E-state index in [9.17, 15) is 22.8 Å². The zero-order valence-corrected chi connectivity index (χ0v) is 22.5. The molecule has 0 saturated heterocycles. The van der Waals surface area contributed by atoms with Crippen molar-refractivity contribution in [2.45, 2.75) is 37.9 Å². The first-order chi connectivity index (χ1) is 20.2. The minimum Gasteiger partial charge on any atom is -0.354 e. The number of anilines is 2. The van der Waals surface area contributed by atoms with Gasteiger partial charge in [-0.3, -0.25) is 14.6 Å². The van der Waals surface area contributed by atoms with E-state index < -0.39 is 29.4 Å². The molecule has 2 amide bonds. The van der Waals surface area contributed by atoms with Crippen LogP contribution in [0.15, 0.2) is 66.9 Å². The number of nitrogens with two attached hydrogens (primary N) is 1. The molecule has 42 heavy (non-hydrogen) atoms. The summed E-state index contributed by atoms with van der Waals surface area (Å²) in [6.45, 7) is 0.748. The lowest BCUT2D eigenvalue weighted by atomic mass is 9.94. The van der Waals surface area contributed by atoms with E-state index in [0.29, 0.717) is 31.6 Å². The van der Waals surface area contributed by atoms with E-state index in [1.54, 1.807) is 24.3 Å². The Labute approximate surface area is 239 Å². The van der Waals surface area contributed by atoms with E-state index >= 15 is 4.39 Å². The van der Waals surface area contributed by atoms with Crippen molar-refractivity contribution in [3.63, 3.8) is 0 Å². The topological polar surface area (TPSA) is 109 Å². The zero-order chi connectivity index (χ0) is 29.9. The molecule has 1 aromatic heterocycles. The summed E-state index contributed by atoms with van der Waals surface area (Å²) in [6, 6.07) is 14.4. The average Bonchev–Trinajstić information content (AvgIpc) is 3.78. The van der Waals surface area contributed by atoms with Gasteiger partial charge in [0.1, 0.15) is 5.82 Å². The molecule has 11 heteroatoms. The molecule has 3 aromatic carbocycles. The van der Waals surface area contributed by atoms with Gasteiger partial charge in [0.15, 0.2) is 0 Å². The molecule has 0 spiro atoms. The van der Waals surface area contributed by atoms with Crippen molar-refractivity contribution in [2.75, 3.05) is 18.4 Å². The quantitative estimate of drug-likeness (QED) is 0.133. The molecule has 1 saturated carbocycles. The van der Waals surface area contributed by atoms with E-state index in [0.717, 1.165) is 31.0 Å². The molecule has 218 valence electrons. The van der Waals surface area contributed by atoms with Crippen molar-refractivity contribution in [2.24, 2.45) is 5.73 Å². The minimum absolute atomic E-state index is 0.00132. The number of pyridine rings is 1. The summed E-state index contributed by atoms with van der Waals surface area (Å²) in [4.78, 5) is 29.8. The second-order valence-electron chi connectivity index (χ2n) is 10.1. The van der Waals surface area contributed by atoms with Crippen LogP contribution in [0.1, 0.15) is 52.0 Å². The summed E-state index contributed by atoms with van der Waals surface area (Å²) in [7, 11) is 0. The van der Waals surface area contributed by atoms with E-state index in [2.05, 4.69) is 20.9 Å². The molecule has 0 aliphatic heterocycles. The molecular weight excluding hydrogens is 550 g/mol. The summed E-state index contributed by atoms with van der Waals surface area (Å²) in [6.07, 6.45) is -0.547. The van der Waals surface area contributed by atoms with Crippen LogP contribution in [0.4, 0.5) is 28.9 Å². The molecule has 1 heterocycles. The molecule has 0 atom stereocenters. The van der Waals surface area contributed by atoms with Gasteiger partial charge in [-0.1, -0.05) is 24.3 Å². The highest BCUT2D eigenvalue weighted by atomic mass is 19.4. The Hall–Kier alpha value is -4.51. The monoisotopic (exact) mass is 579 g/mol. The van der Waals surface area contributed by atoms with Crippen molar-refractivity contribution in [3.8, 4) is 11.1 Å². The van der Waals surface area contributed by atoms with Gasteiger partial charge in [0.2, 0.25) is 0 Å². The lowest BCUT2D eigenvalue weighted by molar-refractivity contribution is -0.137. The van der Waals surface area contributed by atoms with Gasteiger partial charge in [-0.2, -0.15) is 13.2 Å². The minimum atomic E-state index is -4.80. The molecule has 0 unspecified atom stereocenters. The molecule has 0 radical (unpaired) electrons. The molecule has 7 nitrogen and oxygen atoms in total. The fourth-order valence-electron chi connectivity index (χ4n) is 4.61. The Morgan fingerprint density at radius 1 is 0.952 bits per heavy atom. The van der Waals surface area contributed by atoms with Gasteiger partial charge in [0.25, 0.3) is 11.8 Å². The normalized spacial score (nSPS) is 13.2. The number of amides is 2. The number of nitrogens with one attached hydrogen (secondary N) is 3. The Morgan fingerprint density at radius 3 is 2.38 bits per heavy atom. The fourth-order valence-corrected chi connectivity index (χ4v) is 4.61. The number of benzene rings is 3. The number of para-hydroxylation sites is 1. The predicted octanol–water partition coefficient (Wildman–Crippen LogP) is 6.16. The van der Waals surface area contributed by atoms with Gasteiger partial charge in [-0.15, -0.1) is 0 Å². The lowest BCUT2D eigenvalue weighted by Gasteiger charge is -2.19. The summed E-state index contributed by atoms with van der Waals surface area (Å²) >= 11 is 0. The van der Waals surface area contributed by atoms with Crippen LogP contribution in [-0.4, -0.2) is 35.9 Å². The van der Waals surface area contributed by atoms with Crippen molar-refractivity contribution in [1.29, 1.82) is 0 Å². The highest BCUT2D eigenvalue weighted by Gasteiger charge is 2.35. The summed E-state index contributed by atoms with van der Waals surface area (Å²) in [5.74, 6) is -2.04. The third kappa shape index (κ3) is 6.52. The van der Waals surface area contributed by atoms with Crippen LogP contribution in [0.5, 0.6) is 0 Å². The zero-order valence-electron chi connectivity index (χ0n) is 22.5. The number of hydrogen-bond acceptors (Lipinski definition) is 5. The maximum atomic E-state index is 15.1. The summed E-state index contributed by atoms with van der Waals surface area (Å²) < 4.78 is 58.0. The summed E-state index contributed by atoms with van der Waals surface area (Å²) in [5, 5.41) is 8.90. The second-order valence-corrected chi connectivity index (χ2v) is 10.1. The van der Waals surface area contributed by atoms with Crippen molar-refractivity contribution < 1.29 is 27.2 Å². The number of aromatic nitrogens is 1. The third-order valence-electron chi connectivity index (χ3n) is 6.95. The van der Waals surface area contributed by atoms with Crippen LogP contribution in [0.3, 0.4) is 0 Å². The molecule has 0 bridgehead atoms. The molecule has 1 fully saturated rings. The van der Waals surface area contributed by atoms with E-state index in [-0.39, 0.29) is 44.9 Å². The van der Waals surface area contributed by atoms with Crippen LogP contribution in [-0.2, 0) is 6.18 Å². The molecule has 5 rings (SSSR count). The average molecular weight is 580 g/mol. The Kier molecular flexibility index (Phi) is 8.39. The second kappa shape index (κ2) is 12.2. The number of unbranched alkanes of at least 4 members (excludes halogenated alkanes) is 1. The standard InChI is InChI=1S/C31H29F4N5O2/c32-26-14-18(8-11-21(26)29(41)37-13-5-4-12-36)22-15-23-27(16-25(22)31(33,34)35)38-17-24(30(42)40-20-9-10-20)28(23)39-19-6-2-1-3-7-19/h1-3,6-8,11,14-17,20H,4-5,9-10,12-13,36H2,(H,37,41)(H,38,39)(H,40,42). The number of nitrogens with zero attached hydrogens (tertiary/aromatic N) is 1.